The van der Waals surface area contributed by atoms with Gasteiger partial charge in [0.15, 0.2) is 6.10 Å². The van der Waals surface area contributed by atoms with Crippen molar-refractivity contribution in [2.24, 2.45) is 0 Å². The lowest BCUT2D eigenvalue weighted by Crippen LogP contribution is -2.41. The van der Waals surface area contributed by atoms with Crippen LogP contribution in [0.25, 0.3) is 0 Å². The third-order valence-electron chi connectivity index (χ3n) is 2.82. The predicted octanol–water partition coefficient (Wildman–Crippen LogP) is 2.71. The fourth-order valence-electron chi connectivity index (χ4n) is 1.84. The van der Waals surface area contributed by atoms with E-state index in [0.717, 1.165) is 25.0 Å². The Morgan fingerprint density at radius 1 is 1.40 bits per heavy atom. The van der Waals surface area contributed by atoms with E-state index >= 15 is 0 Å². The molecule has 20 heavy (non-hydrogen) atoms. The predicted molar refractivity (Wildman–Crippen MR) is 74.4 cm³/mol. The summed E-state index contributed by atoms with van der Waals surface area (Å²) < 4.78 is 18.6. The third-order valence-corrected chi connectivity index (χ3v) is 2.82. The second-order valence-electron chi connectivity index (χ2n) is 4.80. The van der Waals surface area contributed by atoms with E-state index in [1.807, 2.05) is 13.8 Å². The Labute approximate surface area is 118 Å². The number of carbonyl (C=O) groups excluding carboxylic acids is 2. The largest absolute Gasteiger partial charge is 0.481 e. The van der Waals surface area contributed by atoms with E-state index in [1.165, 1.54) is 6.07 Å². The Morgan fingerprint density at radius 3 is 2.70 bits per heavy atom. The van der Waals surface area contributed by atoms with Crippen molar-refractivity contribution >= 4 is 12.2 Å². The molecule has 110 valence electrons. The van der Waals surface area contributed by atoms with Gasteiger partial charge >= 0.3 is 0 Å². The molecular weight excluding hydrogens is 261 g/mol. The average molecular weight is 281 g/mol. The summed E-state index contributed by atoms with van der Waals surface area (Å²) in [4.78, 5) is 22.5. The second kappa shape index (κ2) is 7.62. The minimum Gasteiger partial charge on any atom is -0.481 e. The summed E-state index contributed by atoms with van der Waals surface area (Å²) in [5, 5.41) is 2.82. The molecule has 0 saturated carbocycles. The summed E-state index contributed by atoms with van der Waals surface area (Å²) in [7, 11) is 0. The quantitative estimate of drug-likeness (QED) is 0.782. The van der Waals surface area contributed by atoms with Gasteiger partial charge in [-0.15, -0.1) is 0 Å². The summed E-state index contributed by atoms with van der Waals surface area (Å²) in [5.41, 5.74) is 0.173. The van der Waals surface area contributed by atoms with E-state index in [-0.39, 0.29) is 23.3 Å². The molecule has 1 rings (SSSR count). The maximum Gasteiger partial charge on any atom is 0.260 e. The molecule has 2 atom stereocenters. The van der Waals surface area contributed by atoms with E-state index in [1.54, 1.807) is 6.92 Å². The zero-order chi connectivity index (χ0) is 15.1. The first-order valence-corrected chi connectivity index (χ1v) is 6.69. The monoisotopic (exact) mass is 281 g/mol. The number of rotatable bonds is 7. The molecule has 0 heterocycles. The van der Waals surface area contributed by atoms with Gasteiger partial charge in [-0.2, -0.15) is 0 Å². The standard InChI is InChI=1S/C15H20FNO3/c1-4-5-10(2)17-15(19)11(3)20-14-7-12(9-18)6-13(16)8-14/h6-11H,4-5H2,1-3H3,(H,17,19). The van der Waals surface area contributed by atoms with Gasteiger partial charge in [0.1, 0.15) is 17.9 Å². The van der Waals surface area contributed by atoms with Gasteiger partial charge in [0.05, 0.1) is 0 Å². The van der Waals surface area contributed by atoms with Crippen LogP contribution in [0.1, 0.15) is 44.0 Å². The van der Waals surface area contributed by atoms with Crippen molar-refractivity contribution in [2.75, 3.05) is 0 Å². The molecule has 0 aliphatic heterocycles. The van der Waals surface area contributed by atoms with Crippen LogP contribution < -0.4 is 10.1 Å². The zero-order valence-corrected chi connectivity index (χ0v) is 12.0. The number of hydrogen-bond acceptors (Lipinski definition) is 3. The highest BCUT2D eigenvalue weighted by atomic mass is 19.1. The summed E-state index contributed by atoms with van der Waals surface area (Å²) >= 11 is 0. The molecule has 0 spiro atoms. The molecule has 4 nitrogen and oxygen atoms in total. The van der Waals surface area contributed by atoms with Gasteiger partial charge in [-0.05, 0) is 32.4 Å². The lowest BCUT2D eigenvalue weighted by molar-refractivity contribution is -0.127. The number of benzene rings is 1. The molecule has 1 aromatic carbocycles. The van der Waals surface area contributed by atoms with E-state index in [2.05, 4.69) is 5.32 Å². The molecule has 0 fully saturated rings. The van der Waals surface area contributed by atoms with Crippen LogP contribution in [0.3, 0.4) is 0 Å². The van der Waals surface area contributed by atoms with Crippen molar-refractivity contribution in [3.05, 3.63) is 29.6 Å². The van der Waals surface area contributed by atoms with E-state index in [9.17, 15) is 14.0 Å². The van der Waals surface area contributed by atoms with Crippen LogP contribution in [0, 0.1) is 5.82 Å². The number of amides is 1. The van der Waals surface area contributed by atoms with Crippen LogP contribution in [0.5, 0.6) is 5.75 Å². The van der Waals surface area contributed by atoms with Gasteiger partial charge in [-0.3, -0.25) is 9.59 Å². The van der Waals surface area contributed by atoms with E-state index < -0.39 is 11.9 Å². The van der Waals surface area contributed by atoms with Crippen molar-refractivity contribution in [1.82, 2.24) is 5.32 Å². The maximum absolute atomic E-state index is 13.2. The molecule has 1 amide bonds. The summed E-state index contributed by atoms with van der Waals surface area (Å²) in [6, 6.07) is 3.71. The number of hydrogen-bond donors (Lipinski definition) is 1. The van der Waals surface area contributed by atoms with Gasteiger partial charge in [-0.1, -0.05) is 13.3 Å². The zero-order valence-electron chi connectivity index (χ0n) is 12.0. The highest BCUT2D eigenvalue weighted by Gasteiger charge is 2.17. The first kappa shape index (κ1) is 16.1. The van der Waals surface area contributed by atoms with Gasteiger partial charge in [-0.25, -0.2) is 4.39 Å². The Hall–Kier alpha value is -1.91. The minimum absolute atomic E-state index is 0.0663. The second-order valence-corrected chi connectivity index (χ2v) is 4.80. The van der Waals surface area contributed by atoms with Crippen molar-refractivity contribution in [3.63, 3.8) is 0 Å². The van der Waals surface area contributed by atoms with Crippen molar-refractivity contribution in [3.8, 4) is 5.75 Å². The molecule has 0 aliphatic carbocycles. The topological polar surface area (TPSA) is 55.4 Å². The first-order valence-electron chi connectivity index (χ1n) is 6.69. The molecule has 0 aromatic heterocycles. The highest BCUT2D eigenvalue weighted by Crippen LogP contribution is 2.17. The van der Waals surface area contributed by atoms with Crippen LogP contribution in [0.4, 0.5) is 4.39 Å². The number of ether oxygens (including phenoxy) is 1. The minimum atomic E-state index is -0.754. The Bertz CT molecular complexity index is 476. The Balaban J connectivity index is 2.65. The highest BCUT2D eigenvalue weighted by molar-refractivity contribution is 5.81. The SMILES string of the molecule is CCCC(C)NC(=O)C(C)Oc1cc(F)cc(C=O)c1. The van der Waals surface area contributed by atoms with Crippen LogP contribution in [0.15, 0.2) is 18.2 Å². The smallest absolute Gasteiger partial charge is 0.260 e. The molecule has 1 N–H and O–H groups in total. The molecular formula is C15H20FNO3. The molecule has 0 saturated heterocycles. The number of nitrogens with one attached hydrogen (secondary N) is 1. The third kappa shape index (κ3) is 4.99. The molecule has 0 radical (unpaired) electrons. The Kier molecular flexibility index (Phi) is 6.15. The van der Waals surface area contributed by atoms with Crippen molar-refractivity contribution in [1.29, 1.82) is 0 Å². The number of aldehydes is 1. The van der Waals surface area contributed by atoms with E-state index in [0.29, 0.717) is 6.29 Å². The summed E-state index contributed by atoms with van der Waals surface area (Å²) in [6.07, 6.45) is 1.64. The van der Waals surface area contributed by atoms with Gasteiger partial charge < -0.3 is 10.1 Å². The lowest BCUT2D eigenvalue weighted by Gasteiger charge is -2.18. The van der Waals surface area contributed by atoms with Crippen LogP contribution in [-0.4, -0.2) is 24.3 Å². The lowest BCUT2D eigenvalue weighted by atomic mass is 10.2. The van der Waals surface area contributed by atoms with Crippen molar-refractivity contribution < 1.29 is 18.7 Å². The van der Waals surface area contributed by atoms with Gasteiger partial charge in [0.2, 0.25) is 0 Å². The van der Waals surface area contributed by atoms with Gasteiger partial charge in [0.25, 0.3) is 5.91 Å². The van der Waals surface area contributed by atoms with Crippen molar-refractivity contribution in [2.45, 2.75) is 45.8 Å². The molecule has 0 aliphatic rings. The number of carbonyl (C=O) groups is 2. The molecule has 2 unspecified atom stereocenters. The normalized spacial score (nSPS) is 13.4. The van der Waals surface area contributed by atoms with Crippen LogP contribution in [-0.2, 0) is 4.79 Å². The maximum atomic E-state index is 13.2. The average Bonchev–Trinajstić information content (AvgIpc) is 2.37. The molecule has 1 aromatic rings. The Morgan fingerprint density at radius 2 is 2.10 bits per heavy atom. The molecule has 5 heteroatoms. The fourth-order valence-corrected chi connectivity index (χ4v) is 1.84. The fraction of sp³-hybridized carbons (Fsp3) is 0.467. The summed E-state index contributed by atoms with van der Waals surface area (Å²) in [5.74, 6) is -0.669. The number of halogens is 1. The van der Waals surface area contributed by atoms with E-state index in [4.69, 9.17) is 4.74 Å². The van der Waals surface area contributed by atoms with Crippen LogP contribution >= 0.6 is 0 Å². The van der Waals surface area contributed by atoms with Crippen LogP contribution in [0.2, 0.25) is 0 Å². The summed E-state index contributed by atoms with van der Waals surface area (Å²) in [6.45, 7) is 5.54. The molecule has 0 bridgehead atoms. The first-order chi connectivity index (χ1) is 9.46. The van der Waals surface area contributed by atoms with Gasteiger partial charge in [0, 0.05) is 17.7 Å².